The molecule has 144 heavy (non-hydrogen) atoms. The normalized spacial score (nSPS) is 12.4. The largest absolute Gasteiger partial charge is 0.414 e. The molecule has 0 spiro atoms. The van der Waals surface area contributed by atoms with Crippen molar-refractivity contribution in [3.8, 4) is 0 Å². The third-order valence-corrected chi connectivity index (χ3v) is 16.8. The molecule has 16 nitrogen and oxygen atoms in total. The van der Waals surface area contributed by atoms with Gasteiger partial charge in [-0.05, 0) is 353 Å². The van der Waals surface area contributed by atoms with Gasteiger partial charge in [0, 0.05) is 54.0 Å². The van der Waals surface area contributed by atoms with Gasteiger partial charge in [-0.25, -0.2) is 12.8 Å². The third kappa shape index (κ3) is 374. The van der Waals surface area contributed by atoms with E-state index in [-0.39, 0.29) is 73.7 Å². The Morgan fingerprint density at radius 2 is 0.750 bits per heavy atom. The van der Waals surface area contributed by atoms with Crippen molar-refractivity contribution in [3.05, 3.63) is 0 Å². The first kappa shape index (κ1) is 197. The lowest BCUT2D eigenvalue weighted by Crippen LogP contribution is -2.39. The summed E-state index contributed by atoms with van der Waals surface area (Å²) in [6.45, 7) is 122. The average molecular weight is 2170 g/mol. The van der Waals surface area contributed by atoms with Gasteiger partial charge in [-0.3, -0.25) is 0 Å². The molecule has 0 amide bonds. The molecule has 1 aliphatic carbocycles. The molecule has 1 heterocycles. The summed E-state index contributed by atoms with van der Waals surface area (Å²) in [5, 5.41) is 3.64. The fourth-order valence-corrected chi connectivity index (χ4v) is 7.62. The summed E-state index contributed by atoms with van der Waals surface area (Å²) in [4.78, 5) is 4.70. The molecule has 26 heteroatoms. The second-order valence-corrected chi connectivity index (χ2v) is 46.7. The van der Waals surface area contributed by atoms with Crippen LogP contribution in [-0.2, 0) is 61.9 Å². The molecule has 914 valence electrons. The summed E-state index contributed by atoms with van der Waals surface area (Å²) in [7, 11) is 2.90. The van der Waals surface area contributed by atoms with Gasteiger partial charge in [0.05, 0.1) is 94.3 Å². The molecule has 2 unspecified atom stereocenters. The summed E-state index contributed by atoms with van der Waals surface area (Å²) >= 11 is 1.88. The van der Waals surface area contributed by atoms with Crippen molar-refractivity contribution in [2.24, 2.45) is 47.3 Å². The van der Waals surface area contributed by atoms with Gasteiger partial charge in [-0.15, -0.1) is 0 Å². The first-order valence-corrected chi connectivity index (χ1v) is 56.1. The zero-order chi connectivity index (χ0) is 118. The highest BCUT2D eigenvalue weighted by molar-refractivity contribution is 7.99. The molecule has 2 atom stereocenters. The van der Waals surface area contributed by atoms with Crippen molar-refractivity contribution in [2.75, 3.05) is 93.7 Å². The van der Waals surface area contributed by atoms with Gasteiger partial charge in [0.25, 0.3) is 0 Å². The minimum atomic E-state index is -4.23. The SMILES string of the molecule is C.C.C.C.C.C.CC(C)C.CC(C)CN(C)C.CC(C)CN1CCC1.CC(C)OC(C)(C)C.CC(C)OC(C)(F)F.CC(C)OC(C)(F)F.CC(C)OC(C)C.CC(C)OC(C)C(F)(F)F.CC(C)OC(C)F.CC(C)OC1CC1.CC(C)S(C)(=O)=O.CCC(C)C.CCC(C)C.CCCC(C)C.CCCCC(C)C.CCCOC(C)C.CCOC(C)C.CNCC(C)C.COC(C)C.CSC(C)C.[2H]C([2H])([2H])OC(C)C. The maximum absolute atomic E-state index is 11.8. The highest BCUT2D eigenvalue weighted by atomic mass is 32.2. The predicted octanol–water partition coefficient (Wildman–Crippen LogP) is 39.5. The van der Waals surface area contributed by atoms with Crippen molar-refractivity contribution >= 4 is 21.6 Å². The maximum atomic E-state index is 11.8. The van der Waals surface area contributed by atoms with Crippen molar-refractivity contribution in [1.29, 1.82) is 0 Å². The van der Waals surface area contributed by atoms with E-state index < -0.39 is 59.9 Å². The number of thioether (sulfide) groups is 1. The van der Waals surface area contributed by atoms with Crippen molar-refractivity contribution < 1.29 is 99.8 Å². The van der Waals surface area contributed by atoms with Gasteiger partial charge in [0.1, 0.15) is 9.84 Å². The molecule has 0 radical (unpaired) electrons. The number of nitrogens with zero attached hydrogens (tertiary/aromatic N) is 2. The van der Waals surface area contributed by atoms with Crippen LogP contribution in [0.2, 0.25) is 0 Å². The van der Waals surface area contributed by atoms with E-state index in [9.17, 15) is 43.5 Å². The van der Waals surface area contributed by atoms with E-state index in [2.05, 4.69) is 274 Å². The first-order valence-electron chi connectivity index (χ1n) is 54.4. The Hall–Kier alpha value is -0.820. The standard InChI is InChI=1S/C7H15N.C7H16O.C7H16.C6H11F3O.C6H15N.C6H12O.2C6H14O.C6H14.2C5H10F2O.C5H11FO.C5H13N.C5H12O.2C5H12.C4H10O2S.2C4H10O.C4H10S.C4H10.6CH4/c1-7(2)6-8-4-3-5-8;1-6(2)8-7(3,4)5;1-4-5-6-7(2)3;1-4(2)10-5(3)6(7,8)9;1-6(2)5-7(3)4;1-5(2)7-6-3-4-6;1-5(2)7-6(3)4;1-4-5-7-6(2)3;1-4-5-6(2)3;2*1-4(2)8-5(3,6)7;1-4(2)7-5(3)6;1-5(2)4-6-3;1-4-6-5(2)3;2*1-4-5(2)3;1-4(2)7(3,5)6;3*1-4(2)5-3;1-4(2)3;;;;;;/h7H,3-6H2,1-2H3;6H,1-5H3;7H,4-6H2,1-3H3;4-5H,1-3H3;6H,5H2,1-4H3;5-6H,3-4H2,1-2H3;5-6H,1-4H3;6H,4-5H2,1-3H3;6H,4-5H2,1-3H3;2*4H,1-3H3;4-5H,1-3H3;5-6H,4H2,1-3H3;5H,4H2,1-3H3;2*5H,4H2,1-3H3;4H,1-3H3;3*4H,1-3H3;4H,1-3H3;6*1H4/i;;;;;;;;;;;;;;;;;3D3;;;;;;;;;. The molecule has 2 aliphatic rings. The Balaban J connectivity index is -0.0000000462. The fourth-order valence-electron chi connectivity index (χ4n) is 7.62. The van der Waals surface area contributed by atoms with Crippen molar-refractivity contribution in [3.63, 3.8) is 0 Å². The molecule has 2 rings (SSSR count). The molecule has 0 aromatic rings. The zero-order valence-electron chi connectivity index (χ0n) is 107. The molecule has 0 aromatic heterocycles. The Labute approximate surface area is 915 Å². The Kier molecular flexibility index (Phi) is 195. The number of likely N-dealkylation sites (tertiary alicyclic amines) is 1. The van der Waals surface area contributed by atoms with E-state index in [1.807, 2.05) is 95.0 Å². The van der Waals surface area contributed by atoms with E-state index in [4.69, 9.17) is 32.5 Å². The van der Waals surface area contributed by atoms with Crippen LogP contribution in [0.25, 0.3) is 0 Å². The number of hydrogen-bond acceptors (Lipinski definition) is 17. The monoisotopic (exact) mass is 2170 g/mol. The number of sulfone groups is 1. The quantitative estimate of drug-likeness (QED) is 0.0598. The first-order chi connectivity index (χ1) is 63.1. The van der Waals surface area contributed by atoms with E-state index in [1.54, 1.807) is 90.2 Å². The summed E-state index contributed by atoms with van der Waals surface area (Å²) in [5.41, 5.74) is 0.0220. The number of halogens is 8. The molecule has 0 bridgehead atoms. The number of nitrogens with one attached hydrogen (secondary N) is 1. The number of hydrogen-bond donors (Lipinski definition) is 1. The lowest BCUT2D eigenvalue weighted by atomic mass is 10.1. The van der Waals surface area contributed by atoms with Gasteiger partial charge in [0.2, 0.25) is 0 Å². The Morgan fingerprint density at radius 1 is 0.431 bits per heavy atom. The average Bonchev–Trinajstić information content (AvgIpc) is 1.68. The second kappa shape index (κ2) is 142. The van der Waals surface area contributed by atoms with Crippen LogP contribution < -0.4 is 5.32 Å². The second-order valence-electron chi connectivity index (χ2n) is 42.7. The summed E-state index contributed by atoms with van der Waals surface area (Å²) < 4.78 is 187. The third-order valence-electron chi connectivity index (χ3n) is 14.1. The Bertz CT molecular complexity index is 2110. The highest BCUT2D eigenvalue weighted by Gasteiger charge is 2.37. The number of unbranched alkanes of at least 4 members (excludes halogenated alkanes) is 1. The number of alkyl halides is 8. The molecule has 1 saturated heterocycles. The van der Waals surface area contributed by atoms with Crippen LogP contribution in [0.15, 0.2) is 0 Å². The number of rotatable bonds is 35. The van der Waals surface area contributed by atoms with E-state index in [1.165, 1.54) is 104 Å². The van der Waals surface area contributed by atoms with Crippen LogP contribution in [0.1, 0.15) is 521 Å². The van der Waals surface area contributed by atoms with Gasteiger partial charge in [0.15, 0.2) is 12.5 Å². The number of ether oxygens (including phenoxy) is 11. The van der Waals surface area contributed by atoms with E-state index >= 15 is 0 Å². The summed E-state index contributed by atoms with van der Waals surface area (Å²) in [5.74, 6) is 6.85. The van der Waals surface area contributed by atoms with Crippen LogP contribution in [0.5, 0.6) is 0 Å². The number of methoxy groups -OCH3 is 2. The topological polar surface area (TPSA) is 154 Å². The minimum absolute atomic E-state index is 0. The molecule has 1 aliphatic heterocycles. The molecule has 2 fully saturated rings. The fraction of sp³-hybridized carbons (Fsp3) is 1.00. The maximum Gasteiger partial charge on any atom is 0.414 e. The van der Waals surface area contributed by atoms with Gasteiger partial charge < -0.3 is 67.2 Å². The molecular formula is C118H281F8N3O13S2. The van der Waals surface area contributed by atoms with Crippen LogP contribution in [0, 0.1) is 47.3 Å². The summed E-state index contributed by atoms with van der Waals surface area (Å²) in [6.07, 6.45) is 6.89. The van der Waals surface area contributed by atoms with Gasteiger partial charge >= 0.3 is 18.4 Å². The van der Waals surface area contributed by atoms with Crippen LogP contribution >= 0.6 is 11.8 Å². The smallest absolute Gasteiger partial charge is 0.382 e. The van der Waals surface area contributed by atoms with E-state index in [0.29, 0.717) is 48.8 Å². The highest BCUT2D eigenvalue weighted by Crippen LogP contribution is 2.25. The predicted molar refractivity (Wildman–Crippen MR) is 643 cm³/mol. The molecule has 0 aromatic carbocycles. The molecule has 1 N–H and O–H groups in total. The minimum Gasteiger partial charge on any atom is -0.382 e. The van der Waals surface area contributed by atoms with Crippen LogP contribution in [-0.4, -0.2) is 238 Å². The van der Waals surface area contributed by atoms with Crippen molar-refractivity contribution in [2.45, 2.75) is 643 Å². The van der Waals surface area contributed by atoms with Crippen molar-refractivity contribution in [1.82, 2.24) is 15.1 Å². The summed E-state index contributed by atoms with van der Waals surface area (Å²) in [6, 6.07) is 0. The van der Waals surface area contributed by atoms with E-state index in [0.717, 1.165) is 99.5 Å². The lowest BCUT2D eigenvalue weighted by Gasteiger charge is -2.31. The van der Waals surface area contributed by atoms with Crippen LogP contribution in [0.4, 0.5) is 35.1 Å². The zero-order valence-corrected chi connectivity index (χ0v) is 106. The van der Waals surface area contributed by atoms with Gasteiger partial charge in [-0.1, -0.05) is 256 Å². The molecule has 1 saturated carbocycles. The van der Waals surface area contributed by atoms with Gasteiger partial charge in [-0.2, -0.15) is 42.5 Å². The Morgan fingerprint density at radius 3 is 0.785 bits per heavy atom. The van der Waals surface area contributed by atoms with Crippen LogP contribution in [0.3, 0.4) is 0 Å². The lowest BCUT2D eigenvalue weighted by molar-refractivity contribution is -0.243. The molecular weight excluding hydrogens is 1880 g/mol.